The minimum Gasteiger partial charge on any atom is -0.475 e. The fraction of sp³-hybridized carbons (Fsp3) is 0.500. The molecule has 23 heavy (non-hydrogen) atoms. The van der Waals surface area contributed by atoms with Crippen LogP contribution >= 0.6 is 0 Å². The van der Waals surface area contributed by atoms with Crippen LogP contribution in [-0.2, 0) is 11.2 Å². The van der Waals surface area contributed by atoms with E-state index >= 15 is 0 Å². The van der Waals surface area contributed by atoms with Crippen molar-refractivity contribution in [3.05, 3.63) is 5.82 Å². The van der Waals surface area contributed by atoms with E-state index in [2.05, 4.69) is 26.9 Å². The number of aryl methyl sites for hydroxylation is 1. The summed E-state index contributed by atoms with van der Waals surface area (Å²) in [4.78, 5) is 24.3. The van der Waals surface area contributed by atoms with Crippen molar-refractivity contribution in [1.82, 2.24) is 19.9 Å². The van der Waals surface area contributed by atoms with Crippen molar-refractivity contribution < 1.29 is 23.1 Å². The van der Waals surface area contributed by atoms with E-state index in [4.69, 9.17) is 21.4 Å². The number of hydrogen-bond donors (Lipinski definition) is 4. The minimum absolute atomic E-state index is 0.164. The number of aromatic amines is 1. The Morgan fingerprint density at radius 1 is 1.22 bits per heavy atom. The fourth-order valence-corrected chi connectivity index (χ4v) is 1.65. The van der Waals surface area contributed by atoms with Crippen molar-refractivity contribution in [2.24, 2.45) is 0 Å². The molecule has 0 amide bonds. The van der Waals surface area contributed by atoms with E-state index in [0.29, 0.717) is 17.0 Å². The first kappa shape index (κ1) is 18.5. The number of anilines is 2. The zero-order valence-corrected chi connectivity index (χ0v) is 12.3. The molecule has 2 rings (SSSR count). The van der Waals surface area contributed by atoms with Crippen LogP contribution in [0.1, 0.15) is 32.0 Å². The Bertz CT molecular complexity index is 671. The average Bonchev–Trinajstić information content (AvgIpc) is 2.81. The molecule has 0 saturated heterocycles. The number of carboxylic acids is 1. The normalized spacial score (nSPS) is 11.1. The predicted octanol–water partition coefficient (Wildman–Crippen LogP) is 1.88. The van der Waals surface area contributed by atoms with E-state index in [9.17, 15) is 13.2 Å². The molecule has 0 aliphatic rings. The summed E-state index contributed by atoms with van der Waals surface area (Å²) in [5, 5.41) is 7.12. The van der Waals surface area contributed by atoms with Crippen molar-refractivity contribution >= 4 is 28.9 Å². The van der Waals surface area contributed by atoms with Crippen LogP contribution in [0.2, 0.25) is 0 Å². The van der Waals surface area contributed by atoms with Crippen LogP contribution in [0.4, 0.5) is 24.9 Å². The van der Waals surface area contributed by atoms with Crippen LogP contribution in [0, 0.1) is 0 Å². The number of imidazole rings is 1. The van der Waals surface area contributed by atoms with E-state index in [-0.39, 0.29) is 5.95 Å². The number of carboxylic acid groups (broad SMARTS) is 1. The maximum absolute atomic E-state index is 10.6. The third-order valence-corrected chi connectivity index (χ3v) is 2.70. The summed E-state index contributed by atoms with van der Waals surface area (Å²) >= 11 is 0. The number of H-pyrrole nitrogens is 1. The van der Waals surface area contributed by atoms with E-state index in [1.54, 1.807) is 0 Å². The molecule has 2 heterocycles. The van der Waals surface area contributed by atoms with Gasteiger partial charge in [0.2, 0.25) is 5.95 Å². The van der Waals surface area contributed by atoms with Gasteiger partial charge in [0.15, 0.2) is 11.5 Å². The van der Waals surface area contributed by atoms with Crippen molar-refractivity contribution in [1.29, 1.82) is 0 Å². The number of nitrogen functional groups attached to an aromatic ring is 2. The third kappa shape index (κ3) is 5.60. The highest BCUT2D eigenvalue weighted by Gasteiger charge is 2.38. The Morgan fingerprint density at radius 3 is 2.35 bits per heavy atom. The van der Waals surface area contributed by atoms with E-state index in [1.807, 2.05) is 0 Å². The molecule has 6 N–H and O–H groups in total. The van der Waals surface area contributed by atoms with Crippen molar-refractivity contribution in [2.75, 3.05) is 11.5 Å². The number of unbranched alkanes of at least 4 members (excludes halogenated alkanes) is 2. The SMILES string of the molecule is CCCCCc1nc2nc(N)nc(N)c2[nH]1.O=C(O)C(F)(F)F. The Labute approximate surface area is 129 Å². The lowest BCUT2D eigenvalue weighted by Gasteiger charge is -1.94. The van der Waals surface area contributed by atoms with Gasteiger partial charge in [0.05, 0.1) is 0 Å². The monoisotopic (exact) mass is 334 g/mol. The lowest BCUT2D eigenvalue weighted by molar-refractivity contribution is -0.192. The number of rotatable bonds is 4. The molecular weight excluding hydrogens is 317 g/mol. The Morgan fingerprint density at radius 2 is 1.83 bits per heavy atom. The number of halogens is 3. The summed E-state index contributed by atoms with van der Waals surface area (Å²) in [6.45, 7) is 2.17. The molecule has 0 atom stereocenters. The first-order valence-corrected chi connectivity index (χ1v) is 6.72. The van der Waals surface area contributed by atoms with Gasteiger partial charge in [-0.2, -0.15) is 23.1 Å². The number of nitrogens with one attached hydrogen (secondary N) is 1. The maximum atomic E-state index is 10.6. The number of carbonyl (C=O) groups is 1. The molecule has 0 saturated carbocycles. The van der Waals surface area contributed by atoms with Gasteiger partial charge in [-0.1, -0.05) is 19.8 Å². The van der Waals surface area contributed by atoms with Gasteiger partial charge in [-0.3, -0.25) is 0 Å². The van der Waals surface area contributed by atoms with Crippen LogP contribution in [0.25, 0.3) is 11.2 Å². The minimum atomic E-state index is -5.08. The van der Waals surface area contributed by atoms with Gasteiger partial charge in [-0.25, -0.2) is 9.78 Å². The first-order chi connectivity index (χ1) is 10.6. The molecule has 0 spiro atoms. The standard InChI is InChI=1S/C10H16N6.C2HF3O2/c1-2-3-4-5-6-13-7-8(11)15-10(12)16-9(7)14-6;3-2(4,5)1(6)7/h2-5H2,1H3,(H5,11,12,13,14,15,16);(H,6,7). The van der Waals surface area contributed by atoms with Gasteiger partial charge in [0, 0.05) is 6.42 Å². The van der Waals surface area contributed by atoms with Gasteiger partial charge in [-0.05, 0) is 6.42 Å². The highest BCUT2D eigenvalue weighted by atomic mass is 19.4. The number of aliphatic carboxylic acids is 1. The highest BCUT2D eigenvalue weighted by molar-refractivity contribution is 5.82. The van der Waals surface area contributed by atoms with Gasteiger partial charge in [0.1, 0.15) is 11.3 Å². The molecule has 0 bridgehead atoms. The predicted molar refractivity (Wildman–Crippen MR) is 77.4 cm³/mol. The molecule has 8 nitrogen and oxygen atoms in total. The number of nitrogens with zero attached hydrogens (tertiary/aromatic N) is 3. The number of nitrogens with two attached hydrogens (primary N) is 2. The molecule has 0 aliphatic carbocycles. The van der Waals surface area contributed by atoms with E-state index < -0.39 is 12.1 Å². The van der Waals surface area contributed by atoms with Gasteiger partial charge < -0.3 is 21.6 Å². The van der Waals surface area contributed by atoms with Crippen LogP contribution in [0.5, 0.6) is 0 Å². The van der Waals surface area contributed by atoms with Crippen LogP contribution < -0.4 is 11.5 Å². The van der Waals surface area contributed by atoms with Crippen LogP contribution in [0.3, 0.4) is 0 Å². The lowest BCUT2D eigenvalue weighted by atomic mass is 10.2. The Balaban J connectivity index is 0.000000322. The quantitative estimate of drug-likeness (QED) is 0.625. The number of aromatic nitrogens is 4. The summed E-state index contributed by atoms with van der Waals surface area (Å²) in [7, 11) is 0. The van der Waals surface area contributed by atoms with E-state index in [0.717, 1.165) is 18.7 Å². The molecule has 0 unspecified atom stereocenters. The molecule has 2 aromatic rings. The summed E-state index contributed by atoms with van der Waals surface area (Å²) in [5.74, 6) is -1.34. The maximum Gasteiger partial charge on any atom is 0.490 e. The van der Waals surface area contributed by atoms with Gasteiger partial charge in [-0.15, -0.1) is 0 Å². The molecule has 0 aromatic carbocycles. The number of hydrogen-bond acceptors (Lipinski definition) is 6. The number of fused-ring (bicyclic) bond motifs is 1. The average molecular weight is 334 g/mol. The van der Waals surface area contributed by atoms with Crippen molar-refractivity contribution in [2.45, 2.75) is 38.8 Å². The zero-order chi connectivity index (χ0) is 17.6. The van der Waals surface area contributed by atoms with Crippen LogP contribution in [-0.4, -0.2) is 37.2 Å². The van der Waals surface area contributed by atoms with Crippen molar-refractivity contribution in [3.8, 4) is 0 Å². The van der Waals surface area contributed by atoms with Gasteiger partial charge in [0.25, 0.3) is 0 Å². The highest BCUT2D eigenvalue weighted by Crippen LogP contribution is 2.17. The summed E-state index contributed by atoms with van der Waals surface area (Å²) in [6.07, 6.45) is -0.682. The summed E-state index contributed by atoms with van der Waals surface area (Å²) in [6, 6.07) is 0. The number of alkyl halides is 3. The second-order valence-electron chi connectivity index (χ2n) is 4.61. The molecule has 0 aliphatic heterocycles. The topological polar surface area (TPSA) is 144 Å². The lowest BCUT2D eigenvalue weighted by Crippen LogP contribution is -2.21. The smallest absolute Gasteiger partial charge is 0.475 e. The first-order valence-electron chi connectivity index (χ1n) is 6.72. The third-order valence-electron chi connectivity index (χ3n) is 2.70. The molecule has 0 radical (unpaired) electrons. The van der Waals surface area contributed by atoms with Gasteiger partial charge >= 0.3 is 12.1 Å². The summed E-state index contributed by atoms with van der Waals surface area (Å²) < 4.78 is 31.7. The molecule has 128 valence electrons. The van der Waals surface area contributed by atoms with E-state index in [1.165, 1.54) is 12.8 Å². The molecular formula is C12H17F3N6O2. The van der Waals surface area contributed by atoms with Crippen molar-refractivity contribution in [3.63, 3.8) is 0 Å². The molecule has 0 fully saturated rings. The zero-order valence-electron chi connectivity index (χ0n) is 12.3. The summed E-state index contributed by atoms with van der Waals surface area (Å²) in [5.41, 5.74) is 12.5. The van der Waals surface area contributed by atoms with Crippen LogP contribution in [0.15, 0.2) is 0 Å². The Kier molecular flexibility index (Phi) is 6.10. The Hall–Kier alpha value is -2.59. The molecule has 2 aromatic heterocycles. The fourth-order valence-electron chi connectivity index (χ4n) is 1.65. The largest absolute Gasteiger partial charge is 0.490 e. The second kappa shape index (κ2) is 7.61. The second-order valence-corrected chi connectivity index (χ2v) is 4.61. The molecule has 11 heteroatoms.